The molecule has 5 saturated carbocycles. The maximum Gasteiger partial charge on any atom is 0.338 e. The van der Waals surface area contributed by atoms with Crippen molar-refractivity contribution in [1.29, 1.82) is 0 Å². The van der Waals surface area contributed by atoms with E-state index in [1.54, 1.807) is 12.1 Å². The molecule has 0 spiro atoms. The maximum atomic E-state index is 14.8. The molecule has 202 valence electrons. The van der Waals surface area contributed by atoms with E-state index in [4.69, 9.17) is 14.2 Å². The van der Waals surface area contributed by atoms with E-state index in [1.807, 2.05) is 18.2 Å². The lowest BCUT2D eigenvalue weighted by Gasteiger charge is -2.59. The van der Waals surface area contributed by atoms with E-state index in [2.05, 4.69) is 13.8 Å². The van der Waals surface area contributed by atoms with Crippen LogP contribution in [0.2, 0.25) is 0 Å². The van der Waals surface area contributed by atoms with Gasteiger partial charge in [0.25, 0.3) is 0 Å². The van der Waals surface area contributed by atoms with Crippen LogP contribution >= 0.6 is 0 Å². The average Bonchev–Trinajstić information content (AvgIpc) is 3.35. The number of carbonyl (C=O) groups excluding carboxylic acids is 2. The molecule has 0 N–H and O–H groups in total. The van der Waals surface area contributed by atoms with Crippen molar-refractivity contribution < 1.29 is 28.2 Å². The van der Waals surface area contributed by atoms with Crippen LogP contribution in [0.25, 0.3) is 0 Å². The molecule has 2 unspecified atom stereocenters. The van der Waals surface area contributed by atoms with Crippen LogP contribution < -0.4 is 9.47 Å². The molecule has 6 heteroatoms. The lowest BCUT2D eigenvalue weighted by Crippen LogP contribution is -2.60. The number of rotatable bonds is 7. The minimum Gasteiger partial charge on any atom is -0.484 e. The van der Waals surface area contributed by atoms with Crippen molar-refractivity contribution in [3.8, 4) is 11.5 Å². The fourth-order valence-electron chi connectivity index (χ4n) is 8.19. The summed E-state index contributed by atoms with van der Waals surface area (Å²) in [5, 5.41) is 0. The topological polar surface area (TPSA) is 61.8 Å². The van der Waals surface area contributed by atoms with Gasteiger partial charge in [0.05, 0.1) is 11.0 Å². The van der Waals surface area contributed by atoms with E-state index in [9.17, 15) is 14.0 Å². The average molecular weight is 521 g/mol. The summed E-state index contributed by atoms with van der Waals surface area (Å²) in [4.78, 5) is 27.0. The Bertz CT molecular complexity index is 1200. The summed E-state index contributed by atoms with van der Waals surface area (Å²) in [7, 11) is 0. The van der Waals surface area contributed by atoms with E-state index < -0.39 is 28.4 Å². The van der Waals surface area contributed by atoms with E-state index in [1.165, 1.54) is 18.2 Å². The summed E-state index contributed by atoms with van der Waals surface area (Å²) in [6.07, 6.45) is 8.49. The van der Waals surface area contributed by atoms with Crippen LogP contribution in [0.15, 0.2) is 48.5 Å². The zero-order valence-electron chi connectivity index (χ0n) is 22.3. The molecule has 0 heterocycles. The molecule has 0 aromatic heterocycles. The molecule has 5 aliphatic carbocycles. The molecule has 0 amide bonds. The van der Waals surface area contributed by atoms with Crippen molar-refractivity contribution >= 4 is 11.9 Å². The largest absolute Gasteiger partial charge is 0.484 e. The van der Waals surface area contributed by atoms with Crippen LogP contribution in [0.3, 0.4) is 0 Å². The van der Waals surface area contributed by atoms with Crippen LogP contribution in [0.1, 0.15) is 88.4 Å². The molecule has 5 nitrogen and oxygen atoms in total. The quantitative estimate of drug-likeness (QED) is 0.284. The minimum absolute atomic E-state index is 0.114. The summed E-state index contributed by atoms with van der Waals surface area (Å²) in [5.41, 5.74) is -1.45. The SMILES string of the molecule is CC(C)C1(Oc2cc(C(=O)OC34CC5CC(C3)CC(C(=O)Oc3ccccc3)(C5)C4)ccc2F)CCCC1. The Balaban J connectivity index is 1.22. The van der Waals surface area contributed by atoms with E-state index >= 15 is 0 Å². The van der Waals surface area contributed by atoms with Crippen molar-refractivity contribution in [2.24, 2.45) is 23.2 Å². The molecule has 2 aromatic rings. The third-order valence-corrected chi connectivity index (χ3v) is 9.69. The Morgan fingerprint density at radius 2 is 1.63 bits per heavy atom. The molecule has 38 heavy (non-hydrogen) atoms. The molecule has 2 atom stereocenters. The van der Waals surface area contributed by atoms with E-state index in [0.29, 0.717) is 24.0 Å². The van der Waals surface area contributed by atoms with Gasteiger partial charge in [-0.15, -0.1) is 0 Å². The van der Waals surface area contributed by atoms with Crippen molar-refractivity contribution in [3.63, 3.8) is 0 Å². The second-order valence-electron chi connectivity index (χ2n) is 12.7. The maximum absolute atomic E-state index is 14.8. The number of hydrogen-bond acceptors (Lipinski definition) is 5. The van der Waals surface area contributed by atoms with Gasteiger partial charge in [0.1, 0.15) is 17.0 Å². The van der Waals surface area contributed by atoms with Crippen LogP contribution in [-0.4, -0.2) is 23.1 Å². The number of hydrogen-bond donors (Lipinski definition) is 0. The summed E-state index contributed by atoms with van der Waals surface area (Å²) in [6.45, 7) is 4.21. The van der Waals surface area contributed by atoms with Gasteiger partial charge < -0.3 is 14.2 Å². The smallest absolute Gasteiger partial charge is 0.338 e. The molecular weight excluding hydrogens is 483 g/mol. The zero-order chi connectivity index (χ0) is 26.5. The number of para-hydroxylation sites is 1. The van der Waals surface area contributed by atoms with Crippen LogP contribution in [0.5, 0.6) is 11.5 Å². The standard InChI is InChI=1S/C32H37FO5/c1-21(2)32(12-6-7-13-32)37-27-15-24(10-11-26(27)33)28(34)38-31-18-22-14-23(19-31)17-30(16-22,20-31)29(35)36-25-8-4-3-5-9-25/h3-5,8-11,15,21-23H,6-7,12-14,16-20H2,1-2H3. The highest BCUT2D eigenvalue weighted by Crippen LogP contribution is 2.63. The van der Waals surface area contributed by atoms with Crippen LogP contribution in [-0.2, 0) is 9.53 Å². The molecule has 0 aliphatic heterocycles. The zero-order valence-corrected chi connectivity index (χ0v) is 22.3. The molecule has 5 aliphatic rings. The van der Waals surface area contributed by atoms with Gasteiger partial charge in [-0.1, -0.05) is 32.0 Å². The molecule has 0 radical (unpaired) electrons. The van der Waals surface area contributed by atoms with E-state index in [0.717, 1.165) is 57.8 Å². The van der Waals surface area contributed by atoms with E-state index in [-0.39, 0.29) is 23.2 Å². The number of carbonyl (C=O) groups is 2. The van der Waals surface area contributed by atoms with Crippen molar-refractivity contribution in [3.05, 3.63) is 59.9 Å². The van der Waals surface area contributed by atoms with Gasteiger partial charge in [-0.3, -0.25) is 4.79 Å². The van der Waals surface area contributed by atoms with Gasteiger partial charge in [0.15, 0.2) is 11.6 Å². The first-order valence-corrected chi connectivity index (χ1v) is 14.2. The van der Waals surface area contributed by atoms with Crippen LogP contribution in [0, 0.1) is 29.0 Å². The van der Waals surface area contributed by atoms with Crippen molar-refractivity contribution in [2.75, 3.05) is 0 Å². The molecule has 0 saturated heterocycles. The second-order valence-corrected chi connectivity index (χ2v) is 12.7. The van der Waals surface area contributed by atoms with Crippen molar-refractivity contribution in [2.45, 2.75) is 89.3 Å². The third kappa shape index (κ3) is 4.50. The highest BCUT2D eigenvalue weighted by Gasteiger charge is 2.63. The van der Waals surface area contributed by atoms with Gasteiger partial charge in [-0.25, -0.2) is 9.18 Å². The monoisotopic (exact) mass is 520 g/mol. The Kier molecular flexibility index (Phi) is 6.27. The van der Waals surface area contributed by atoms with Crippen LogP contribution in [0.4, 0.5) is 4.39 Å². The minimum atomic E-state index is -0.698. The first-order valence-electron chi connectivity index (χ1n) is 14.2. The molecular formula is C32H37FO5. The fraction of sp³-hybridized carbons (Fsp3) is 0.562. The number of esters is 2. The van der Waals surface area contributed by atoms with Gasteiger partial charge in [-0.2, -0.15) is 0 Å². The highest BCUT2D eigenvalue weighted by molar-refractivity contribution is 5.90. The summed E-state index contributed by atoms with van der Waals surface area (Å²) in [5.74, 6) is 0.382. The summed E-state index contributed by atoms with van der Waals surface area (Å²) < 4.78 is 33.2. The van der Waals surface area contributed by atoms with Gasteiger partial charge in [0, 0.05) is 6.42 Å². The first-order chi connectivity index (χ1) is 18.2. The molecule has 7 rings (SSSR count). The molecule has 2 aromatic carbocycles. The Labute approximate surface area is 224 Å². The molecule has 5 fully saturated rings. The number of ether oxygens (including phenoxy) is 3. The predicted molar refractivity (Wildman–Crippen MR) is 140 cm³/mol. The predicted octanol–water partition coefficient (Wildman–Crippen LogP) is 7.27. The van der Waals surface area contributed by atoms with Gasteiger partial charge >= 0.3 is 11.9 Å². The first kappa shape index (κ1) is 25.4. The Hall–Kier alpha value is -2.89. The lowest BCUT2D eigenvalue weighted by molar-refractivity contribution is -0.189. The Morgan fingerprint density at radius 3 is 2.29 bits per heavy atom. The summed E-state index contributed by atoms with van der Waals surface area (Å²) in [6, 6.07) is 13.4. The second kappa shape index (κ2) is 9.39. The van der Waals surface area contributed by atoms with Gasteiger partial charge in [-0.05, 0) is 106 Å². The normalized spacial score (nSPS) is 30.8. The lowest BCUT2D eigenvalue weighted by atomic mass is 9.48. The third-order valence-electron chi connectivity index (χ3n) is 9.69. The Morgan fingerprint density at radius 1 is 0.947 bits per heavy atom. The number of halogens is 1. The molecule has 4 bridgehead atoms. The highest BCUT2D eigenvalue weighted by atomic mass is 19.1. The van der Waals surface area contributed by atoms with Gasteiger partial charge in [0.2, 0.25) is 0 Å². The fourth-order valence-corrected chi connectivity index (χ4v) is 8.19. The number of benzene rings is 2. The van der Waals surface area contributed by atoms with Crippen molar-refractivity contribution in [1.82, 2.24) is 0 Å². The summed E-state index contributed by atoms with van der Waals surface area (Å²) >= 11 is 0.